The molecule has 2 saturated heterocycles. The zero-order valence-electron chi connectivity index (χ0n) is 21.5. The first-order chi connectivity index (χ1) is 18.2. The number of pyridine rings is 1. The summed E-state index contributed by atoms with van der Waals surface area (Å²) in [6.07, 6.45) is 5.05. The summed E-state index contributed by atoms with van der Waals surface area (Å²) in [5.74, 6) is 1.43. The number of aromatic nitrogens is 2. The van der Waals surface area contributed by atoms with Crippen LogP contribution in [0, 0.1) is 17.8 Å². The summed E-state index contributed by atoms with van der Waals surface area (Å²) in [5.41, 5.74) is 5.48. The lowest BCUT2D eigenvalue weighted by atomic mass is 9.65. The Hall–Kier alpha value is -2.57. The predicted octanol–water partition coefficient (Wildman–Crippen LogP) is 3.54. The third kappa shape index (κ3) is 4.60. The van der Waals surface area contributed by atoms with Crippen LogP contribution < -0.4 is 16.5 Å². The van der Waals surface area contributed by atoms with Crippen molar-refractivity contribution in [1.82, 2.24) is 29.6 Å². The van der Waals surface area contributed by atoms with Crippen molar-refractivity contribution >= 4 is 11.6 Å². The summed E-state index contributed by atoms with van der Waals surface area (Å²) in [6, 6.07) is 0.900. The summed E-state index contributed by atoms with van der Waals surface area (Å²) in [5, 5.41) is 0. The maximum Gasteiger partial charge on any atom is 0.418 e. The standard InChI is InChI=1S/C26H35F3N6O3/c1-32-15-30-31-23(32)22(17-4-2-5-17)18-6-3-7-19(11-18)34-14-21-20(26(27,28)29)10-16(13-35(21)24(34)36)12-33-8-9-38-25(33)37/h10,13-14,17-19,22-23,30-31H,2-9,11-12,15H2,1H3/t18?,19?,22-,23?/m1/s1. The van der Waals surface area contributed by atoms with Crippen LogP contribution in [-0.4, -0.2) is 57.9 Å². The Morgan fingerprint density at radius 3 is 2.50 bits per heavy atom. The minimum absolute atomic E-state index is 0.0417. The van der Waals surface area contributed by atoms with Crippen molar-refractivity contribution in [3.8, 4) is 0 Å². The molecule has 208 valence electrons. The molecule has 9 nitrogen and oxygen atoms in total. The summed E-state index contributed by atoms with van der Waals surface area (Å²) >= 11 is 0. The second-order valence-electron chi connectivity index (χ2n) is 11.4. The van der Waals surface area contributed by atoms with E-state index in [2.05, 4.69) is 22.8 Å². The largest absolute Gasteiger partial charge is 0.448 e. The number of ether oxygens (including phenoxy) is 1. The van der Waals surface area contributed by atoms with Gasteiger partial charge in [0, 0.05) is 18.4 Å². The second kappa shape index (κ2) is 9.87. The molecule has 0 bridgehead atoms. The molecular formula is C26H35F3N6O3. The van der Waals surface area contributed by atoms with Gasteiger partial charge in [0.05, 0.1) is 37.0 Å². The minimum Gasteiger partial charge on any atom is -0.448 e. The molecule has 2 saturated carbocycles. The summed E-state index contributed by atoms with van der Waals surface area (Å²) in [6.45, 7) is 1.24. The molecule has 2 aliphatic carbocycles. The van der Waals surface area contributed by atoms with Gasteiger partial charge in [-0.25, -0.2) is 20.4 Å². The van der Waals surface area contributed by atoms with E-state index < -0.39 is 23.5 Å². The van der Waals surface area contributed by atoms with Crippen molar-refractivity contribution in [1.29, 1.82) is 0 Å². The number of carbonyl (C=O) groups excluding carboxylic acids is 1. The van der Waals surface area contributed by atoms with Gasteiger partial charge in [0.25, 0.3) is 0 Å². The van der Waals surface area contributed by atoms with Gasteiger partial charge in [-0.15, -0.1) is 0 Å². The van der Waals surface area contributed by atoms with Crippen molar-refractivity contribution in [2.24, 2.45) is 17.8 Å². The molecule has 0 aromatic carbocycles. The molecule has 0 radical (unpaired) electrons. The molecule has 4 fully saturated rings. The number of imidazole rings is 1. The normalized spacial score (nSPS) is 28.2. The maximum atomic E-state index is 14.1. The molecule has 6 rings (SSSR count). The van der Waals surface area contributed by atoms with Crippen LogP contribution in [0.2, 0.25) is 0 Å². The van der Waals surface area contributed by atoms with Crippen molar-refractivity contribution in [2.45, 2.75) is 69.9 Å². The lowest BCUT2D eigenvalue weighted by Gasteiger charge is -2.46. The molecule has 38 heavy (non-hydrogen) atoms. The van der Waals surface area contributed by atoms with Crippen LogP contribution >= 0.6 is 0 Å². The molecule has 2 N–H and O–H groups in total. The van der Waals surface area contributed by atoms with Crippen LogP contribution in [0.5, 0.6) is 0 Å². The number of halogens is 3. The second-order valence-corrected chi connectivity index (χ2v) is 11.4. The first-order valence-electron chi connectivity index (χ1n) is 13.6. The fourth-order valence-electron chi connectivity index (χ4n) is 7.03. The van der Waals surface area contributed by atoms with Crippen LogP contribution in [0.3, 0.4) is 0 Å². The van der Waals surface area contributed by atoms with E-state index in [1.54, 1.807) is 0 Å². The van der Waals surface area contributed by atoms with Crippen molar-refractivity contribution < 1.29 is 22.7 Å². The van der Waals surface area contributed by atoms with E-state index in [4.69, 9.17) is 4.74 Å². The van der Waals surface area contributed by atoms with E-state index in [1.165, 1.54) is 41.1 Å². The lowest BCUT2D eigenvalue weighted by molar-refractivity contribution is -0.136. The Morgan fingerprint density at radius 1 is 1.11 bits per heavy atom. The third-order valence-corrected chi connectivity index (χ3v) is 9.11. The van der Waals surface area contributed by atoms with E-state index in [1.807, 2.05) is 0 Å². The highest BCUT2D eigenvalue weighted by Gasteiger charge is 2.44. The SMILES string of the molecule is CN1CNNC1[C@H](C1CCC1)C1CCCC(n2cc3c(C(F)(F)F)cc(CN4CCOC4=O)cn3c2=O)C1. The fourth-order valence-corrected chi connectivity index (χ4v) is 7.03. The van der Waals surface area contributed by atoms with Gasteiger partial charge in [-0.2, -0.15) is 13.2 Å². The smallest absolute Gasteiger partial charge is 0.418 e. The van der Waals surface area contributed by atoms with Crippen molar-refractivity contribution in [3.05, 3.63) is 40.1 Å². The molecule has 4 aliphatic rings. The average Bonchev–Trinajstić information content (AvgIpc) is 3.55. The Kier molecular flexibility index (Phi) is 6.68. The quantitative estimate of drug-likeness (QED) is 0.588. The number of alkyl halides is 3. The Labute approximate surface area is 218 Å². The molecule has 3 unspecified atom stereocenters. The predicted molar refractivity (Wildman–Crippen MR) is 133 cm³/mol. The van der Waals surface area contributed by atoms with E-state index in [0.717, 1.165) is 42.8 Å². The number of amides is 1. The minimum atomic E-state index is -4.64. The summed E-state index contributed by atoms with van der Waals surface area (Å²) < 4.78 is 50.0. The summed E-state index contributed by atoms with van der Waals surface area (Å²) in [7, 11) is 2.10. The van der Waals surface area contributed by atoms with E-state index in [9.17, 15) is 22.8 Å². The average molecular weight is 537 g/mol. The molecule has 0 spiro atoms. The van der Waals surface area contributed by atoms with Crippen LogP contribution in [0.25, 0.3) is 5.52 Å². The van der Waals surface area contributed by atoms with Crippen LogP contribution in [0.15, 0.2) is 23.3 Å². The van der Waals surface area contributed by atoms with Crippen LogP contribution in [0.1, 0.15) is 62.1 Å². The number of nitrogens with zero attached hydrogens (tertiary/aromatic N) is 4. The molecular weight excluding hydrogens is 501 g/mol. The monoisotopic (exact) mass is 536 g/mol. The molecule has 4 heterocycles. The van der Waals surface area contributed by atoms with Gasteiger partial charge in [0.15, 0.2) is 0 Å². The third-order valence-electron chi connectivity index (χ3n) is 9.11. The van der Waals surface area contributed by atoms with Gasteiger partial charge in [-0.05, 0) is 55.7 Å². The van der Waals surface area contributed by atoms with Gasteiger partial charge in [0.2, 0.25) is 0 Å². The fraction of sp³-hybridized carbons (Fsp3) is 0.692. The number of fused-ring (bicyclic) bond motifs is 1. The Balaban J connectivity index is 1.32. The van der Waals surface area contributed by atoms with E-state index in [0.29, 0.717) is 24.3 Å². The van der Waals surface area contributed by atoms with Crippen molar-refractivity contribution in [3.63, 3.8) is 0 Å². The number of nitrogens with one attached hydrogen (secondary N) is 2. The Bertz CT molecular complexity index is 1260. The number of hydrogen-bond donors (Lipinski definition) is 2. The maximum absolute atomic E-state index is 14.1. The lowest BCUT2D eigenvalue weighted by Crippen LogP contribution is -2.50. The number of cyclic esters (lactones) is 1. The Morgan fingerprint density at radius 2 is 1.87 bits per heavy atom. The zero-order chi connectivity index (χ0) is 26.6. The molecule has 2 aromatic rings. The van der Waals surface area contributed by atoms with Crippen molar-refractivity contribution in [2.75, 3.05) is 26.9 Å². The number of hydrazine groups is 1. The number of hydrogen-bond acceptors (Lipinski definition) is 6. The van der Waals surface area contributed by atoms with Gasteiger partial charge in [-0.1, -0.05) is 25.7 Å². The molecule has 1 amide bonds. The van der Waals surface area contributed by atoms with Crippen LogP contribution in [-0.2, 0) is 17.5 Å². The molecule has 2 aliphatic heterocycles. The molecule has 12 heteroatoms. The van der Waals surface area contributed by atoms with Gasteiger partial charge < -0.3 is 9.64 Å². The topological polar surface area (TPSA) is 83.2 Å². The zero-order valence-corrected chi connectivity index (χ0v) is 21.5. The summed E-state index contributed by atoms with van der Waals surface area (Å²) in [4.78, 5) is 29.1. The first-order valence-corrected chi connectivity index (χ1v) is 13.6. The number of rotatable bonds is 6. The highest BCUT2D eigenvalue weighted by atomic mass is 19.4. The van der Waals surface area contributed by atoms with E-state index >= 15 is 0 Å². The van der Waals surface area contributed by atoms with E-state index in [-0.39, 0.29) is 36.4 Å². The van der Waals surface area contributed by atoms with Gasteiger partial charge in [-0.3, -0.25) is 13.9 Å². The number of carbonyl (C=O) groups is 1. The molecule has 2 aromatic heterocycles. The highest BCUT2D eigenvalue weighted by Crippen LogP contribution is 2.47. The van der Waals surface area contributed by atoms with Gasteiger partial charge >= 0.3 is 18.0 Å². The van der Waals surface area contributed by atoms with Crippen LogP contribution in [0.4, 0.5) is 18.0 Å². The highest BCUT2D eigenvalue weighted by molar-refractivity contribution is 5.69. The molecule has 4 atom stereocenters. The van der Waals surface area contributed by atoms with Gasteiger partial charge in [0.1, 0.15) is 6.61 Å². The first kappa shape index (κ1) is 25.7.